The largest absolute Gasteiger partial charge is 0.496 e. The Kier molecular flexibility index (Phi) is 6.07. The van der Waals surface area contributed by atoms with Gasteiger partial charge in [-0.15, -0.1) is 0 Å². The van der Waals surface area contributed by atoms with Gasteiger partial charge in [0.2, 0.25) is 0 Å². The van der Waals surface area contributed by atoms with Gasteiger partial charge in [-0.3, -0.25) is 0 Å². The topological polar surface area (TPSA) is 24.5 Å². The molecule has 3 nitrogen and oxygen atoms in total. The summed E-state index contributed by atoms with van der Waals surface area (Å²) in [5, 5.41) is 3.78. The highest BCUT2D eigenvalue weighted by atomic mass is 16.5. The van der Waals surface area contributed by atoms with Crippen LogP contribution in [0.3, 0.4) is 0 Å². The summed E-state index contributed by atoms with van der Waals surface area (Å²) in [4.78, 5) is 2.59. The summed E-state index contributed by atoms with van der Waals surface area (Å²) in [7, 11) is 1.75. The van der Waals surface area contributed by atoms with Crippen LogP contribution < -0.4 is 10.1 Å². The fourth-order valence-corrected chi connectivity index (χ4v) is 3.27. The summed E-state index contributed by atoms with van der Waals surface area (Å²) in [5.41, 5.74) is 1.25. The van der Waals surface area contributed by atoms with Crippen LogP contribution in [0.1, 0.15) is 45.2 Å². The van der Waals surface area contributed by atoms with E-state index in [1.54, 1.807) is 7.11 Å². The lowest BCUT2D eigenvalue weighted by Crippen LogP contribution is -2.44. The molecule has 0 radical (unpaired) electrons. The van der Waals surface area contributed by atoms with Crippen molar-refractivity contribution in [3.8, 4) is 5.75 Å². The number of ether oxygens (including phenoxy) is 1. The van der Waals surface area contributed by atoms with Crippen LogP contribution in [0.4, 0.5) is 0 Å². The average Bonchev–Trinajstić information content (AvgIpc) is 2.48. The average molecular weight is 290 g/mol. The van der Waals surface area contributed by atoms with E-state index in [0.29, 0.717) is 12.1 Å². The lowest BCUT2D eigenvalue weighted by molar-refractivity contribution is 0.175. The first-order valence-corrected chi connectivity index (χ1v) is 8.21. The van der Waals surface area contributed by atoms with E-state index in [9.17, 15) is 0 Å². The molecule has 118 valence electrons. The molecule has 0 amide bonds. The Morgan fingerprint density at radius 1 is 1.19 bits per heavy atom. The Labute approximate surface area is 129 Å². The quantitative estimate of drug-likeness (QED) is 0.868. The van der Waals surface area contributed by atoms with Crippen LogP contribution in [-0.4, -0.2) is 37.7 Å². The first kappa shape index (κ1) is 16.3. The van der Waals surface area contributed by atoms with Crippen LogP contribution in [-0.2, 0) is 0 Å². The maximum absolute atomic E-state index is 5.47. The molecule has 0 aromatic heterocycles. The number of nitrogens with zero attached hydrogens (tertiary/aromatic N) is 1. The Hall–Kier alpha value is -1.06. The van der Waals surface area contributed by atoms with Gasteiger partial charge in [-0.2, -0.15) is 0 Å². The van der Waals surface area contributed by atoms with Crippen molar-refractivity contribution in [3.63, 3.8) is 0 Å². The van der Waals surface area contributed by atoms with Crippen molar-refractivity contribution in [1.82, 2.24) is 10.2 Å². The number of likely N-dealkylation sites (tertiary alicyclic amines) is 1. The monoisotopic (exact) mass is 290 g/mol. The molecule has 2 rings (SSSR count). The maximum atomic E-state index is 5.47. The van der Waals surface area contributed by atoms with Crippen molar-refractivity contribution >= 4 is 0 Å². The SMILES string of the molecule is COc1ccccc1C(C)NC1CCN(CC(C)C)CC1. The van der Waals surface area contributed by atoms with Crippen molar-refractivity contribution in [2.24, 2.45) is 5.92 Å². The Morgan fingerprint density at radius 3 is 2.48 bits per heavy atom. The minimum atomic E-state index is 0.336. The van der Waals surface area contributed by atoms with Crippen LogP contribution in [0.2, 0.25) is 0 Å². The number of nitrogens with one attached hydrogen (secondary N) is 1. The smallest absolute Gasteiger partial charge is 0.123 e. The molecule has 0 bridgehead atoms. The Balaban J connectivity index is 1.85. The molecule has 1 unspecified atom stereocenters. The van der Waals surface area contributed by atoms with E-state index in [1.165, 1.54) is 38.0 Å². The molecule has 1 aliphatic rings. The molecule has 0 saturated carbocycles. The molecule has 1 aromatic carbocycles. The van der Waals surface area contributed by atoms with Gasteiger partial charge in [-0.05, 0) is 44.8 Å². The maximum Gasteiger partial charge on any atom is 0.123 e. The molecule has 1 heterocycles. The van der Waals surface area contributed by atoms with E-state index in [1.807, 2.05) is 12.1 Å². The second-order valence-electron chi connectivity index (χ2n) is 6.60. The lowest BCUT2D eigenvalue weighted by Gasteiger charge is -2.35. The molecule has 3 heteroatoms. The van der Waals surface area contributed by atoms with E-state index < -0.39 is 0 Å². The minimum absolute atomic E-state index is 0.336. The van der Waals surface area contributed by atoms with Gasteiger partial charge in [-0.25, -0.2) is 0 Å². The van der Waals surface area contributed by atoms with Crippen molar-refractivity contribution in [3.05, 3.63) is 29.8 Å². The normalized spacial score (nSPS) is 18.9. The van der Waals surface area contributed by atoms with Gasteiger partial charge in [-0.1, -0.05) is 32.0 Å². The lowest BCUT2D eigenvalue weighted by atomic mass is 10.0. The third-order valence-electron chi connectivity index (χ3n) is 4.30. The molecular weight excluding hydrogens is 260 g/mol. The van der Waals surface area contributed by atoms with Crippen LogP contribution in [0.25, 0.3) is 0 Å². The Morgan fingerprint density at radius 2 is 1.86 bits per heavy atom. The third-order valence-corrected chi connectivity index (χ3v) is 4.30. The third kappa shape index (κ3) is 4.72. The molecule has 1 N–H and O–H groups in total. The van der Waals surface area contributed by atoms with Crippen molar-refractivity contribution in [1.29, 1.82) is 0 Å². The van der Waals surface area contributed by atoms with Gasteiger partial charge >= 0.3 is 0 Å². The van der Waals surface area contributed by atoms with Gasteiger partial charge in [0.1, 0.15) is 5.75 Å². The molecule has 1 saturated heterocycles. The van der Waals surface area contributed by atoms with Crippen molar-refractivity contribution < 1.29 is 4.74 Å². The second-order valence-corrected chi connectivity index (χ2v) is 6.60. The summed E-state index contributed by atoms with van der Waals surface area (Å²) >= 11 is 0. The van der Waals surface area contributed by atoms with Gasteiger partial charge in [0, 0.05) is 24.2 Å². The molecule has 0 aliphatic carbocycles. The fraction of sp³-hybridized carbons (Fsp3) is 0.667. The predicted molar refractivity (Wildman–Crippen MR) is 88.8 cm³/mol. The molecule has 21 heavy (non-hydrogen) atoms. The van der Waals surface area contributed by atoms with Crippen molar-refractivity contribution in [2.45, 2.75) is 45.7 Å². The summed E-state index contributed by atoms with van der Waals surface area (Å²) in [6.07, 6.45) is 2.48. The number of rotatable bonds is 6. The van der Waals surface area contributed by atoms with Gasteiger partial charge in [0.15, 0.2) is 0 Å². The number of piperidine rings is 1. The van der Waals surface area contributed by atoms with E-state index in [0.717, 1.165) is 11.7 Å². The van der Waals surface area contributed by atoms with Gasteiger partial charge in [0.25, 0.3) is 0 Å². The van der Waals surface area contributed by atoms with Crippen LogP contribution in [0.15, 0.2) is 24.3 Å². The summed E-state index contributed by atoms with van der Waals surface area (Å²) in [5.74, 6) is 1.75. The van der Waals surface area contributed by atoms with Gasteiger partial charge < -0.3 is 15.0 Å². The van der Waals surface area contributed by atoms with E-state index >= 15 is 0 Å². The highest BCUT2D eigenvalue weighted by Crippen LogP contribution is 2.25. The molecule has 1 aliphatic heterocycles. The minimum Gasteiger partial charge on any atom is -0.496 e. The number of benzene rings is 1. The highest BCUT2D eigenvalue weighted by molar-refractivity contribution is 5.35. The van der Waals surface area contributed by atoms with E-state index in [4.69, 9.17) is 4.74 Å². The predicted octanol–water partition coefficient (Wildman–Crippen LogP) is 3.47. The standard InChI is InChI=1S/C18H30N2O/c1-14(2)13-20-11-9-16(10-12-20)19-15(3)17-7-5-6-8-18(17)21-4/h5-8,14-16,19H,9-13H2,1-4H3. The summed E-state index contributed by atoms with van der Waals surface area (Å²) < 4.78 is 5.47. The molecule has 1 aromatic rings. The highest BCUT2D eigenvalue weighted by Gasteiger charge is 2.22. The fourth-order valence-electron chi connectivity index (χ4n) is 3.27. The number of hydrogen-bond acceptors (Lipinski definition) is 3. The number of hydrogen-bond donors (Lipinski definition) is 1. The zero-order valence-corrected chi connectivity index (χ0v) is 13.9. The summed E-state index contributed by atoms with van der Waals surface area (Å²) in [6, 6.07) is 9.26. The molecule has 1 atom stereocenters. The number of para-hydroxylation sites is 1. The van der Waals surface area contributed by atoms with Crippen LogP contribution in [0, 0.1) is 5.92 Å². The second kappa shape index (κ2) is 7.81. The molecule has 1 fully saturated rings. The summed E-state index contributed by atoms with van der Waals surface area (Å²) in [6.45, 7) is 10.5. The first-order valence-electron chi connectivity index (χ1n) is 8.21. The van der Waals surface area contributed by atoms with Crippen LogP contribution >= 0.6 is 0 Å². The first-order chi connectivity index (χ1) is 10.1. The Bertz CT molecular complexity index is 425. The number of methoxy groups -OCH3 is 1. The van der Waals surface area contributed by atoms with Crippen LogP contribution in [0.5, 0.6) is 5.75 Å². The molecule has 0 spiro atoms. The zero-order chi connectivity index (χ0) is 15.2. The van der Waals surface area contributed by atoms with E-state index in [-0.39, 0.29) is 0 Å². The van der Waals surface area contributed by atoms with E-state index in [2.05, 4.69) is 43.1 Å². The van der Waals surface area contributed by atoms with Crippen molar-refractivity contribution in [2.75, 3.05) is 26.7 Å². The molecular formula is C18H30N2O. The van der Waals surface area contributed by atoms with Gasteiger partial charge in [0.05, 0.1) is 7.11 Å². The zero-order valence-electron chi connectivity index (χ0n) is 13.9.